The highest BCUT2D eigenvalue weighted by Crippen LogP contribution is 2.42. The summed E-state index contributed by atoms with van der Waals surface area (Å²) in [5.41, 5.74) is 0.494. The summed E-state index contributed by atoms with van der Waals surface area (Å²) in [6.07, 6.45) is 2.56. The maximum Gasteiger partial charge on any atom is 0.330 e. The van der Waals surface area contributed by atoms with E-state index >= 15 is 0 Å². The van der Waals surface area contributed by atoms with E-state index in [0.29, 0.717) is 17.5 Å². The molecule has 1 fully saturated rings. The summed E-state index contributed by atoms with van der Waals surface area (Å²) in [5, 5.41) is 4.44. The van der Waals surface area contributed by atoms with Crippen molar-refractivity contribution in [1.82, 2.24) is 9.78 Å². The Morgan fingerprint density at radius 3 is 2.70 bits per heavy atom. The Morgan fingerprint density at radius 1 is 1.55 bits per heavy atom. The number of carbonyl (C=O) groups is 1. The van der Waals surface area contributed by atoms with Crippen LogP contribution in [0.4, 0.5) is 0 Å². The van der Waals surface area contributed by atoms with Crippen molar-refractivity contribution in [3.8, 4) is 0 Å². The van der Waals surface area contributed by atoms with E-state index in [2.05, 4.69) is 5.10 Å². The summed E-state index contributed by atoms with van der Waals surface area (Å²) >= 11 is 6.14. The lowest BCUT2D eigenvalue weighted by atomic mass is 10.0. The molecule has 0 unspecified atom stereocenters. The smallest absolute Gasteiger partial charge is 0.330 e. The number of carbonyl (C=O) groups excluding carboxylic acids is 1. The van der Waals surface area contributed by atoms with Crippen LogP contribution in [0.3, 0.4) is 0 Å². The van der Waals surface area contributed by atoms with Crippen LogP contribution in [-0.4, -0.2) is 22.9 Å². The highest BCUT2D eigenvalue weighted by atomic mass is 35.5. The molecule has 20 heavy (non-hydrogen) atoms. The molecule has 0 N–H and O–H groups in total. The maximum atomic E-state index is 12.2. The molecule has 0 saturated heterocycles. The third kappa shape index (κ3) is 3.20. The van der Waals surface area contributed by atoms with Gasteiger partial charge in [-0.2, -0.15) is 5.10 Å². The molecule has 2 rings (SSSR count). The molecular formula is C14H19ClN2O3. The largest absolute Gasteiger partial charge is 0.467 e. The average Bonchev–Trinajstić information content (AvgIpc) is 3.21. The molecule has 0 radical (unpaired) electrons. The number of hydrogen-bond donors (Lipinski definition) is 0. The summed E-state index contributed by atoms with van der Waals surface area (Å²) in [5.74, 6) is 0.109. The first-order valence-electron chi connectivity index (χ1n) is 6.81. The van der Waals surface area contributed by atoms with Gasteiger partial charge in [0.05, 0.1) is 7.11 Å². The van der Waals surface area contributed by atoms with Gasteiger partial charge in [-0.15, -0.1) is 0 Å². The zero-order valence-electron chi connectivity index (χ0n) is 11.9. The van der Waals surface area contributed by atoms with Gasteiger partial charge < -0.3 is 4.74 Å². The van der Waals surface area contributed by atoms with E-state index in [1.807, 2.05) is 13.8 Å². The van der Waals surface area contributed by atoms with Gasteiger partial charge in [0.1, 0.15) is 0 Å². The fourth-order valence-electron chi connectivity index (χ4n) is 2.24. The number of halogens is 1. The van der Waals surface area contributed by atoms with Gasteiger partial charge in [-0.1, -0.05) is 25.4 Å². The SMILES string of the molecule is COC(=O)[C@H](CC(C)C)n1nc(Cl)c(C2CC2)cc1=O. The van der Waals surface area contributed by atoms with Crippen molar-refractivity contribution in [2.75, 3.05) is 7.11 Å². The quantitative estimate of drug-likeness (QED) is 0.784. The van der Waals surface area contributed by atoms with Crippen LogP contribution in [-0.2, 0) is 9.53 Å². The van der Waals surface area contributed by atoms with Crippen LogP contribution in [0.1, 0.15) is 50.6 Å². The monoisotopic (exact) mass is 298 g/mol. The van der Waals surface area contributed by atoms with E-state index < -0.39 is 12.0 Å². The molecule has 0 spiro atoms. The lowest BCUT2D eigenvalue weighted by Gasteiger charge is -2.18. The first kappa shape index (κ1) is 15.0. The van der Waals surface area contributed by atoms with E-state index in [1.165, 1.54) is 13.2 Å². The molecule has 110 valence electrons. The Bertz CT molecular complexity index is 564. The van der Waals surface area contributed by atoms with Gasteiger partial charge in [0, 0.05) is 6.07 Å². The summed E-state index contributed by atoms with van der Waals surface area (Å²) < 4.78 is 5.92. The average molecular weight is 299 g/mol. The van der Waals surface area contributed by atoms with Crippen LogP contribution in [0.15, 0.2) is 10.9 Å². The van der Waals surface area contributed by atoms with Crippen molar-refractivity contribution in [2.45, 2.75) is 45.1 Å². The van der Waals surface area contributed by atoms with Crippen molar-refractivity contribution in [3.63, 3.8) is 0 Å². The van der Waals surface area contributed by atoms with E-state index in [0.717, 1.165) is 23.1 Å². The third-order valence-electron chi connectivity index (χ3n) is 3.42. The second-order valence-corrected chi connectivity index (χ2v) is 5.97. The molecule has 6 heteroatoms. The fourth-order valence-corrected chi connectivity index (χ4v) is 2.53. The number of nitrogens with zero attached hydrogens (tertiary/aromatic N) is 2. The molecule has 1 aromatic heterocycles. The molecule has 1 saturated carbocycles. The van der Waals surface area contributed by atoms with Crippen LogP contribution in [0.5, 0.6) is 0 Å². The van der Waals surface area contributed by atoms with E-state index in [4.69, 9.17) is 16.3 Å². The lowest BCUT2D eigenvalue weighted by Crippen LogP contribution is -2.33. The van der Waals surface area contributed by atoms with Crippen LogP contribution >= 0.6 is 11.6 Å². The molecule has 0 amide bonds. The zero-order chi connectivity index (χ0) is 14.9. The molecule has 0 bridgehead atoms. The summed E-state index contributed by atoms with van der Waals surface area (Å²) in [6.45, 7) is 3.95. The second-order valence-electron chi connectivity index (χ2n) is 5.62. The van der Waals surface area contributed by atoms with Crippen molar-refractivity contribution >= 4 is 17.6 Å². The highest BCUT2D eigenvalue weighted by Gasteiger charge is 2.30. The molecule has 5 nitrogen and oxygen atoms in total. The highest BCUT2D eigenvalue weighted by molar-refractivity contribution is 6.30. The van der Waals surface area contributed by atoms with E-state index in [9.17, 15) is 9.59 Å². The molecule has 0 aliphatic heterocycles. The number of rotatable bonds is 5. The Morgan fingerprint density at radius 2 is 2.20 bits per heavy atom. The Hall–Kier alpha value is -1.36. The summed E-state index contributed by atoms with van der Waals surface area (Å²) in [7, 11) is 1.31. The lowest BCUT2D eigenvalue weighted by molar-refractivity contribution is -0.145. The Kier molecular flexibility index (Phi) is 4.48. The standard InChI is InChI=1S/C14H19ClN2O3/c1-8(2)6-11(14(19)20-3)17-12(18)7-10(9-4-5-9)13(15)16-17/h7-9,11H,4-6H2,1-3H3/t11-/m0/s1. The third-order valence-corrected chi connectivity index (χ3v) is 3.71. The zero-order valence-corrected chi connectivity index (χ0v) is 12.7. The van der Waals surface area contributed by atoms with Crippen molar-refractivity contribution in [1.29, 1.82) is 0 Å². The number of methoxy groups -OCH3 is 1. The van der Waals surface area contributed by atoms with Crippen LogP contribution in [0.25, 0.3) is 0 Å². The van der Waals surface area contributed by atoms with Crippen LogP contribution < -0.4 is 5.56 Å². The molecule has 1 aliphatic rings. The van der Waals surface area contributed by atoms with Crippen molar-refractivity contribution < 1.29 is 9.53 Å². The van der Waals surface area contributed by atoms with Crippen molar-refractivity contribution in [2.24, 2.45) is 5.92 Å². The summed E-state index contributed by atoms with van der Waals surface area (Å²) in [6, 6.07) is 0.779. The molecule has 0 aromatic carbocycles. The molecule has 1 aliphatic carbocycles. The number of esters is 1. The van der Waals surface area contributed by atoms with Crippen molar-refractivity contribution in [3.05, 3.63) is 27.1 Å². The minimum absolute atomic E-state index is 0.231. The molecular weight excluding hydrogens is 280 g/mol. The van der Waals surface area contributed by atoms with Gasteiger partial charge in [0.25, 0.3) is 5.56 Å². The first-order chi connectivity index (χ1) is 9.43. The predicted octanol–water partition coefficient (Wildman–Crippen LogP) is 2.53. The molecule has 1 atom stereocenters. The fraction of sp³-hybridized carbons (Fsp3) is 0.643. The predicted molar refractivity (Wildman–Crippen MR) is 76.0 cm³/mol. The van der Waals surface area contributed by atoms with Gasteiger partial charge in [-0.05, 0) is 36.7 Å². The van der Waals surface area contributed by atoms with E-state index in [-0.39, 0.29) is 11.5 Å². The molecule has 1 heterocycles. The maximum absolute atomic E-state index is 12.2. The van der Waals surface area contributed by atoms with Gasteiger partial charge in [-0.3, -0.25) is 4.79 Å². The topological polar surface area (TPSA) is 61.2 Å². The Labute approximate surface area is 122 Å². The van der Waals surface area contributed by atoms with E-state index in [1.54, 1.807) is 0 Å². The minimum atomic E-state index is -0.724. The van der Waals surface area contributed by atoms with Crippen LogP contribution in [0, 0.1) is 5.92 Å². The number of aromatic nitrogens is 2. The summed E-state index contributed by atoms with van der Waals surface area (Å²) in [4.78, 5) is 24.1. The minimum Gasteiger partial charge on any atom is -0.467 e. The first-order valence-corrected chi connectivity index (χ1v) is 7.19. The second kappa shape index (κ2) is 5.95. The normalized spacial score (nSPS) is 16.2. The van der Waals surface area contributed by atoms with Gasteiger partial charge in [0.2, 0.25) is 0 Å². The van der Waals surface area contributed by atoms with Gasteiger partial charge >= 0.3 is 5.97 Å². The van der Waals surface area contributed by atoms with Gasteiger partial charge in [0.15, 0.2) is 11.2 Å². The number of hydrogen-bond acceptors (Lipinski definition) is 4. The van der Waals surface area contributed by atoms with Crippen LogP contribution in [0.2, 0.25) is 5.15 Å². The Balaban J connectivity index is 2.39. The molecule has 1 aromatic rings. The number of ether oxygens (including phenoxy) is 1. The van der Waals surface area contributed by atoms with Gasteiger partial charge in [-0.25, -0.2) is 9.48 Å².